The van der Waals surface area contributed by atoms with Crippen molar-refractivity contribution < 1.29 is 28.6 Å². The molecular formula is C55H94O6. The van der Waals surface area contributed by atoms with Crippen molar-refractivity contribution >= 4 is 17.9 Å². The smallest absolute Gasteiger partial charge is 0.306 e. The van der Waals surface area contributed by atoms with Crippen molar-refractivity contribution in [2.75, 3.05) is 13.2 Å². The van der Waals surface area contributed by atoms with Crippen LogP contribution >= 0.6 is 0 Å². The number of carbonyl (C=O) groups excluding carboxylic acids is 3. The Balaban J connectivity index is 4.46. The molecule has 0 aromatic rings. The molecule has 0 aromatic heterocycles. The predicted molar refractivity (Wildman–Crippen MR) is 261 cm³/mol. The fourth-order valence-corrected chi connectivity index (χ4v) is 6.76. The summed E-state index contributed by atoms with van der Waals surface area (Å²) in [5.41, 5.74) is 0. The summed E-state index contributed by atoms with van der Waals surface area (Å²) in [6, 6.07) is 0. The SMILES string of the molecule is CCCC/C=C\CCCCCCC(=O)OCC(COC(=O)CCC/C=C\C/C=C\C/C=C\C/C=C\CCCCC)OC(=O)CCCCCCC/C=C\CCCCCCCCC. The van der Waals surface area contributed by atoms with E-state index in [-0.39, 0.29) is 37.5 Å². The summed E-state index contributed by atoms with van der Waals surface area (Å²) in [5.74, 6) is -0.982. The fourth-order valence-electron chi connectivity index (χ4n) is 6.76. The van der Waals surface area contributed by atoms with E-state index in [4.69, 9.17) is 14.2 Å². The number of hydrogen-bond acceptors (Lipinski definition) is 6. The second-order valence-corrected chi connectivity index (χ2v) is 16.7. The highest BCUT2D eigenvalue weighted by Crippen LogP contribution is 2.13. The first-order valence-electron chi connectivity index (χ1n) is 25.4. The molecule has 0 saturated heterocycles. The van der Waals surface area contributed by atoms with Crippen LogP contribution in [0.3, 0.4) is 0 Å². The summed E-state index contributed by atoms with van der Waals surface area (Å²) < 4.78 is 16.7. The molecule has 0 aliphatic heterocycles. The maximum atomic E-state index is 12.8. The third kappa shape index (κ3) is 47.7. The van der Waals surface area contributed by atoms with Crippen LogP contribution in [0.15, 0.2) is 72.9 Å². The molecule has 1 unspecified atom stereocenters. The second-order valence-electron chi connectivity index (χ2n) is 16.7. The standard InChI is InChI=1S/C55H94O6/c1-4-7-10-13-16-19-22-24-26-28-30-31-33-36-39-42-45-48-54(57)60-51-52(50-59-53(56)47-44-41-38-35-21-18-15-12-9-6-3)61-55(58)49-46-43-40-37-34-32-29-27-25-23-20-17-14-11-8-5-2/h15-16,18-19,24,26-27,29-31,36,39,52H,4-14,17,20-23,25,28,32-35,37-38,40-51H2,1-3H3/b18-15-,19-16-,26-24-,29-27-,31-30-,39-36-. The van der Waals surface area contributed by atoms with Crippen LogP contribution in [-0.2, 0) is 28.6 Å². The van der Waals surface area contributed by atoms with Gasteiger partial charge < -0.3 is 14.2 Å². The first-order valence-corrected chi connectivity index (χ1v) is 25.4. The Morgan fingerprint density at radius 3 is 1.08 bits per heavy atom. The molecule has 0 radical (unpaired) electrons. The average Bonchev–Trinajstić information content (AvgIpc) is 3.26. The van der Waals surface area contributed by atoms with Gasteiger partial charge in [0.15, 0.2) is 6.10 Å². The van der Waals surface area contributed by atoms with E-state index in [9.17, 15) is 14.4 Å². The Morgan fingerprint density at radius 1 is 0.328 bits per heavy atom. The van der Waals surface area contributed by atoms with Crippen LogP contribution in [0, 0.1) is 0 Å². The average molecular weight is 851 g/mol. The third-order valence-corrected chi connectivity index (χ3v) is 10.7. The minimum Gasteiger partial charge on any atom is -0.462 e. The van der Waals surface area contributed by atoms with Gasteiger partial charge in [-0.1, -0.05) is 190 Å². The van der Waals surface area contributed by atoms with E-state index in [1.807, 2.05) is 0 Å². The van der Waals surface area contributed by atoms with E-state index < -0.39 is 6.10 Å². The molecule has 0 rings (SSSR count). The molecule has 0 spiro atoms. The van der Waals surface area contributed by atoms with Crippen LogP contribution in [0.4, 0.5) is 0 Å². The highest BCUT2D eigenvalue weighted by Gasteiger charge is 2.19. The van der Waals surface area contributed by atoms with E-state index in [0.717, 1.165) is 96.3 Å². The molecule has 0 aromatic carbocycles. The van der Waals surface area contributed by atoms with Crippen molar-refractivity contribution in [2.45, 2.75) is 245 Å². The van der Waals surface area contributed by atoms with Gasteiger partial charge in [0.25, 0.3) is 0 Å². The van der Waals surface area contributed by atoms with E-state index in [1.165, 1.54) is 96.3 Å². The van der Waals surface area contributed by atoms with Crippen LogP contribution in [0.25, 0.3) is 0 Å². The summed E-state index contributed by atoms with van der Waals surface area (Å²) in [5, 5.41) is 0. The fraction of sp³-hybridized carbons (Fsp3) is 0.727. The molecule has 0 heterocycles. The van der Waals surface area contributed by atoms with Crippen LogP contribution in [0.5, 0.6) is 0 Å². The number of esters is 3. The van der Waals surface area contributed by atoms with Crippen LogP contribution in [-0.4, -0.2) is 37.2 Å². The van der Waals surface area contributed by atoms with E-state index in [0.29, 0.717) is 19.3 Å². The van der Waals surface area contributed by atoms with E-state index in [2.05, 4.69) is 93.7 Å². The first kappa shape index (κ1) is 57.9. The van der Waals surface area contributed by atoms with Gasteiger partial charge >= 0.3 is 17.9 Å². The number of rotatable bonds is 45. The Bertz CT molecular complexity index is 1160. The van der Waals surface area contributed by atoms with Gasteiger partial charge in [-0.25, -0.2) is 0 Å². The second kappa shape index (κ2) is 49.5. The van der Waals surface area contributed by atoms with Gasteiger partial charge in [0.1, 0.15) is 13.2 Å². The molecule has 0 fully saturated rings. The summed E-state index contributed by atoms with van der Waals surface area (Å²) in [7, 11) is 0. The van der Waals surface area contributed by atoms with Gasteiger partial charge in [-0.3, -0.25) is 14.4 Å². The minimum absolute atomic E-state index is 0.102. The molecule has 0 saturated carbocycles. The highest BCUT2D eigenvalue weighted by atomic mass is 16.6. The lowest BCUT2D eigenvalue weighted by molar-refractivity contribution is -0.167. The number of ether oxygens (including phenoxy) is 3. The Kier molecular flexibility index (Phi) is 46.9. The lowest BCUT2D eigenvalue weighted by Crippen LogP contribution is -2.30. The van der Waals surface area contributed by atoms with Crippen LogP contribution in [0.2, 0.25) is 0 Å². The summed E-state index contributed by atoms with van der Waals surface area (Å²) in [4.78, 5) is 37.9. The molecular weight excluding hydrogens is 757 g/mol. The molecule has 350 valence electrons. The zero-order valence-corrected chi connectivity index (χ0v) is 39.9. The van der Waals surface area contributed by atoms with Crippen molar-refractivity contribution in [3.63, 3.8) is 0 Å². The largest absolute Gasteiger partial charge is 0.462 e. The van der Waals surface area contributed by atoms with Gasteiger partial charge in [0.05, 0.1) is 0 Å². The van der Waals surface area contributed by atoms with Gasteiger partial charge in [0.2, 0.25) is 0 Å². The Labute approximate surface area is 376 Å². The van der Waals surface area contributed by atoms with Crippen molar-refractivity contribution in [3.05, 3.63) is 72.9 Å². The molecule has 1 atom stereocenters. The van der Waals surface area contributed by atoms with Crippen molar-refractivity contribution in [3.8, 4) is 0 Å². The van der Waals surface area contributed by atoms with Crippen LogP contribution in [0.1, 0.15) is 239 Å². The maximum absolute atomic E-state index is 12.8. The topological polar surface area (TPSA) is 78.9 Å². The zero-order chi connectivity index (χ0) is 44.4. The first-order chi connectivity index (χ1) is 30.0. The van der Waals surface area contributed by atoms with Gasteiger partial charge in [-0.05, 0) is 103 Å². The molecule has 6 nitrogen and oxygen atoms in total. The van der Waals surface area contributed by atoms with Crippen molar-refractivity contribution in [1.29, 1.82) is 0 Å². The molecule has 0 amide bonds. The van der Waals surface area contributed by atoms with E-state index >= 15 is 0 Å². The number of unbranched alkanes of at least 4 members (excludes halogenated alkanes) is 22. The van der Waals surface area contributed by atoms with Gasteiger partial charge in [0, 0.05) is 19.3 Å². The quantitative estimate of drug-likeness (QED) is 0.0263. The third-order valence-electron chi connectivity index (χ3n) is 10.7. The van der Waals surface area contributed by atoms with E-state index in [1.54, 1.807) is 0 Å². The number of hydrogen-bond donors (Lipinski definition) is 0. The normalized spacial score (nSPS) is 12.6. The summed E-state index contributed by atoms with van der Waals surface area (Å²) in [6.45, 7) is 6.49. The van der Waals surface area contributed by atoms with Crippen molar-refractivity contribution in [2.24, 2.45) is 0 Å². The van der Waals surface area contributed by atoms with Gasteiger partial charge in [-0.15, -0.1) is 0 Å². The monoisotopic (exact) mass is 851 g/mol. The molecule has 0 aliphatic rings. The van der Waals surface area contributed by atoms with Crippen LogP contribution < -0.4 is 0 Å². The number of allylic oxidation sites excluding steroid dienone is 12. The zero-order valence-electron chi connectivity index (χ0n) is 39.9. The number of carbonyl (C=O) groups is 3. The molecule has 0 N–H and O–H groups in total. The molecule has 0 aliphatic carbocycles. The Hall–Kier alpha value is -3.15. The Morgan fingerprint density at radius 2 is 0.623 bits per heavy atom. The molecule has 61 heavy (non-hydrogen) atoms. The predicted octanol–water partition coefficient (Wildman–Crippen LogP) is 16.6. The van der Waals surface area contributed by atoms with Crippen molar-refractivity contribution in [1.82, 2.24) is 0 Å². The molecule has 6 heteroatoms. The summed E-state index contributed by atoms with van der Waals surface area (Å²) >= 11 is 0. The summed E-state index contributed by atoms with van der Waals surface area (Å²) in [6.07, 6.45) is 61.8. The van der Waals surface area contributed by atoms with Gasteiger partial charge in [-0.2, -0.15) is 0 Å². The maximum Gasteiger partial charge on any atom is 0.306 e. The lowest BCUT2D eigenvalue weighted by atomic mass is 10.1. The minimum atomic E-state index is -0.804. The molecule has 0 bridgehead atoms. The highest BCUT2D eigenvalue weighted by molar-refractivity contribution is 5.71. The lowest BCUT2D eigenvalue weighted by Gasteiger charge is -2.18.